The average molecular weight is 389 g/mol. The Morgan fingerprint density at radius 1 is 1.04 bits per heavy atom. The van der Waals surface area contributed by atoms with Gasteiger partial charge >= 0.3 is 0 Å². The molecule has 2 N–H and O–H groups in total. The van der Waals surface area contributed by atoms with Gasteiger partial charge in [0, 0.05) is 18.3 Å². The second kappa shape index (κ2) is 10.6. The minimum absolute atomic E-state index is 0.141. The Kier molecular flexibility index (Phi) is 8.20. The topological polar surface area (TPSA) is 51.8 Å². The summed E-state index contributed by atoms with van der Waals surface area (Å²) in [4.78, 5) is 0. The van der Waals surface area contributed by atoms with Crippen LogP contribution in [0.2, 0.25) is 0 Å². The Bertz CT molecular complexity index is 750. The summed E-state index contributed by atoms with van der Waals surface area (Å²) in [6.45, 7) is 4.79. The van der Waals surface area contributed by atoms with E-state index in [0.29, 0.717) is 5.11 Å². The molecule has 0 spiro atoms. The highest BCUT2D eigenvalue weighted by Gasteiger charge is 2.05. The Balaban J connectivity index is 1.76. The fourth-order valence-corrected chi connectivity index (χ4v) is 2.85. The molecule has 0 amide bonds. The average Bonchev–Trinajstić information content (AvgIpc) is 2.64. The standard InChI is InChI=1S/C21H28N2O3S/c1-15(2)26-18-9-5-8-17(14-18)23-21(27)22-12-6-7-16-10-11-19(24-3)20(13-16)25-4/h5,8-11,13-15H,6-7,12H2,1-4H3,(H2,22,23,27). The molecule has 2 aromatic carbocycles. The maximum atomic E-state index is 5.70. The van der Waals surface area contributed by atoms with Crippen molar-refractivity contribution in [2.75, 3.05) is 26.1 Å². The molecule has 0 heterocycles. The van der Waals surface area contributed by atoms with Crippen LogP contribution in [0.25, 0.3) is 0 Å². The molecule has 0 aliphatic rings. The minimum Gasteiger partial charge on any atom is -0.493 e. The molecule has 0 atom stereocenters. The van der Waals surface area contributed by atoms with Crippen LogP contribution in [-0.4, -0.2) is 32.0 Å². The van der Waals surface area contributed by atoms with E-state index in [4.69, 9.17) is 26.4 Å². The van der Waals surface area contributed by atoms with Crippen molar-refractivity contribution in [2.24, 2.45) is 0 Å². The van der Waals surface area contributed by atoms with Crippen LogP contribution in [0.1, 0.15) is 25.8 Å². The monoisotopic (exact) mass is 388 g/mol. The van der Waals surface area contributed by atoms with E-state index in [2.05, 4.69) is 16.7 Å². The van der Waals surface area contributed by atoms with Gasteiger partial charge in [-0.05, 0) is 68.7 Å². The van der Waals surface area contributed by atoms with Gasteiger partial charge in [0.05, 0.1) is 20.3 Å². The lowest BCUT2D eigenvalue weighted by Gasteiger charge is -2.13. The van der Waals surface area contributed by atoms with E-state index in [1.54, 1.807) is 14.2 Å². The first-order chi connectivity index (χ1) is 13.0. The summed E-state index contributed by atoms with van der Waals surface area (Å²) in [7, 11) is 3.29. The number of thiocarbonyl (C=S) groups is 1. The highest BCUT2D eigenvalue weighted by atomic mass is 32.1. The molecule has 0 aromatic heterocycles. The van der Waals surface area contributed by atoms with Crippen molar-refractivity contribution in [3.63, 3.8) is 0 Å². The van der Waals surface area contributed by atoms with Gasteiger partial charge in [0.1, 0.15) is 5.75 Å². The quantitative estimate of drug-likeness (QED) is 0.490. The van der Waals surface area contributed by atoms with Gasteiger partial charge in [-0.1, -0.05) is 12.1 Å². The van der Waals surface area contributed by atoms with Crippen molar-refractivity contribution in [3.8, 4) is 17.2 Å². The summed E-state index contributed by atoms with van der Waals surface area (Å²) in [6, 6.07) is 13.8. The zero-order valence-electron chi connectivity index (χ0n) is 16.4. The normalized spacial score (nSPS) is 10.4. The van der Waals surface area contributed by atoms with E-state index >= 15 is 0 Å². The molecule has 0 aliphatic heterocycles. The van der Waals surface area contributed by atoms with Gasteiger partial charge < -0.3 is 24.8 Å². The lowest BCUT2D eigenvalue weighted by atomic mass is 10.1. The number of benzene rings is 2. The molecular weight excluding hydrogens is 360 g/mol. The Labute approximate surface area is 167 Å². The zero-order valence-corrected chi connectivity index (χ0v) is 17.2. The predicted molar refractivity (Wildman–Crippen MR) is 114 cm³/mol. The second-order valence-corrected chi connectivity index (χ2v) is 6.78. The molecule has 6 heteroatoms. The molecule has 0 radical (unpaired) electrons. The summed E-state index contributed by atoms with van der Waals surface area (Å²) >= 11 is 5.37. The third-order valence-corrected chi connectivity index (χ3v) is 4.09. The molecular formula is C21H28N2O3S. The van der Waals surface area contributed by atoms with Crippen LogP contribution in [0.3, 0.4) is 0 Å². The van der Waals surface area contributed by atoms with Gasteiger partial charge in [-0.3, -0.25) is 0 Å². The molecule has 0 aliphatic carbocycles. The number of anilines is 1. The zero-order chi connectivity index (χ0) is 19.6. The van der Waals surface area contributed by atoms with Crippen molar-refractivity contribution in [1.29, 1.82) is 0 Å². The molecule has 5 nitrogen and oxygen atoms in total. The fraction of sp³-hybridized carbons (Fsp3) is 0.381. The van der Waals surface area contributed by atoms with Crippen LogP contribution in [0.4, 0.5) is 5.69 Å². The Morgan fingerprint density at radius 3 is 2.52 bits per heavy atom. The van der Waals surface area contributed by atoms with E-state index in [-0.39, 0.29) is 6.10 Å². The van der Waals surface area contributed by atoms with Crippen LogP contribution in [0.5, 0.6) is 17.2 Å². The van der Waals surface area contributed by atoms with Gasteiger partial charge in [0.2, 0.25) is 0 Å². The van der Waals surface area contributed by atoms with Gasteiger partial charge in [-0.25, -0.2) is 0 Å². The minimum atomic E-state index is 0.141. The maximum Gasteiger partial charge on any atom is 0.170 e. The maximum absolute atomic E-state index is 5.70. The largest absolute Gasteiger partial charge is 0.493 e. The number of hydrogen-bond donors (Lipinski definition) is 2. The SMILES string of the molecule is COc1ccc(CCCNC(=S)Nc2cccc(OC(C)C)c2)cc1OC. The molecule has 27 heavy (non-hydrogen) atoms. The first-order valence-electron chi connectivity index (χ1n) is 9.04. The number of ether oxygens (including phenoxy) is 3. The van der Waals surface area contributed by atoms with Gasteiger partial charge in [-0.15, -0.1) is 0 Å². The molecule has 0 saturated heterocycles. The first-order valence-corrected chi connectivity index (χ1v) is 9.45. The van der Waals surface area contributed by atoms with Crippen molar-refractivity contribution < 1.29 is 14.2 Å². The smallest absolute Gasteiger partial charge is 0.170 e. The van der Waals surface area contributed by atoms with Crippen molar-refractivity contribution in [1.82, 2.24) is 5.32 Å². The molecule has 146 valence electrons. The van der Waals surface area contributed by atoms with E-state index in [1.807, 2.05) is 50.2 Å². The van der Waals surface area contributed by atoms with Crippen LogP contribution in [0, 0.1) is 0 Å². The number of methoxy groups -OCH3 is 2. The summed E-state index contributed by atoms with van der Waals surface area (Å²) < 4.78 is 16.3. The van der Waals surface area contributed by atoms with Crippen LogP contribution >= 0.6 is 12.2 Å². The van der Waals surface area contributed by atoms with Crippen LogP contribution in [0.15, 0.2) is 42.5 Å². The van der Waals surface area contributed by atoms with Crippen molar-refractivity contribution in [2.45, 2.75) is 32.8 Å². The van der Waals surface area contributed by atoms with E-state index in [9.17, 15) is 0 Å². The molecule has 2 aromatic rings. The summed E-state index contributed by atoms with van der Waals surface area (Å²) in [5.41, 5.74) is 2.11. The Hall–Kier alpha value is -2.47. The number of aryl methyl sites for hydroxylation is 1. The van der Waals surface area contributed by atoms with Gasteiger partial charge in [-0.2, -0.15) is 0 Å². The van der Waals surface area contributed by atoms with Crippen LogP contribution < -0.4 is 24.8 Å². The third-order valence-electron chi connectivity index (χ3n) is 3.84. The molecule has 0 saturated carbocycles. The lowest BCUT2D eigenvalue weighted by Crippen LogP contribution is -2.29. The predicted octanol–water partition coefficient (Wildman–Crippen LogP) is 4.41. The van der Waals surface area contributed by atoms with E-state index < -0.39 is 0 Å². The second-order valence-electron chi connectivity index (χ2n) is 6.37. The number of rotatable bonds is 9. The summed E-state index contributed by atoms with van der Waals surface area (Å²) in [5.74, 6) is 2.32. The summed E-state index contributed by atoms with van der Waals surface area (Å²) in [5, 5.41) is 7.03. The lowest BCUT2D eigenvalue weighted by molar-refractivity contribution is 0.242. The highest BCUT2D eigenvalue weighted by molar-refractivity contribution is 7.80. The van der Waals surface area contributed by atoms with Gasteiger partial charge in [0.25, 0.3) is 0 Å². The number of nitrogens with one attached hydrogen (secondary N) is 2. The summed E-state index contributed by atoms with van der Waals surface area (Å²) in [6.07, 6.45) is 2.02. The highest BCUT2D eigenvalue weighted by Crippen LogP contribution is 2.27. The van der Waals surface area contributed by atoms with Gasteiger partial charge in [0.15, 0.2) is 16.6 Å². The van der Waals surface area contributed by atoms with E-state index in [0.717, 1.165) is 42.3 Å². The van der Waals surface area contributed by atoms with Crippen molar-refractivity contribution >= 4 is 23.0 Å². The van der Waals surface area contributed by atoms with E-state index in [1.165, 1.54) is 5.56 Å². The molecule has 0 fully saturated rings. The number of hydrogen-bond acceptors (Lipinski definition) is 4. The Morgan fingerprint density at radius 2 is 1.81 bits per heavy atom. The van der Waals surface area contributed by atoms with Crippen LogP contribution in [-0.2, 0) is 6.42 Å². The molecule has 2 rings (SSSR count). The molecule has 0 bridgehead atoms. The fourth-order valence-electron chi connectivity index (χ4n) is 2.63. The molecule has 0 unspecified atom stereocenters. The third kappa shape index (κ3) is 6.98. The first kappa shape index (κ1) is 20.8. The van der Waals surface area contributed by atoms with Crippen molar-refractivity contribution in [3.05, 3.63) is 48.0 Å².